The Bertz CT molecular complexity index is 434. The van der Waals surface area contributed by atoms with Gasteiger partial charge in [-0.05, 0) is 42.5 Å². The fourth-order valence-corrected chi connectivity index (χ4v) is 2.53. The Balaban J connectivity index is 1.53. The minimum absolute atomic E-state index is 0.0482. The largest absolute Gasteiger partial charge is 0.440 e. The maximum atomic E-state index is 12.1. The van der Waals surface area contributed by atoms with Crippen LogP contribution in [0.2, 0.25) is 5.22 Å². The van der Waals surface area contributed by atoms with Crippen LogP contribution in [0.15, 0.2) is 16.5 Å². The Kier molecular flexibility index (Phi) is 3.31. The number of amides is 1. The Morgan fingerprint density at radius 3 is 2.56 bits per heavy atom. The fourth-order valence-electron chi connectivity index (χ4n) is 2.38. The quantitative estimate of drug-likeness (QED) is 0.842. The number of rotatable bonds is 3. The molecule has 0 bridgehead atoms. The molecule has 1 saturated heterocycles. The van der Waals surface area contributed by atoms with E-state index >= 15 is 0 Å². The summed E-state index contributed by atoms with van der Waals surface area (Å²) in [5, 5.41) is 0.269. The standard InChI is InChI=1S/C13H17ClN2O2/c14-12-4-3-11(18-12)13(17)16-7-5-15(6-8-16)9-10-1-2-10/h3-4,10H,1-2,5-9H2. The summed E-state index contributed by atoms with van der Waals surface area (Å²) in [7, 11) is 0. The summed E-state index contributed by atoms with van der Waals surface area (Å²) in [4.78, 5) is 16.4. The van der Waals surface area contributed by atoms with Crippen LogP contribution in [-0.4, -0.2) is 48.4 Å². The maximum absolute atomic E-state index is 12.1. The highest BCUT2D eigenvalue weighted by Gasteiger charge is 2.28. The van der Waals surface area contributed by atoms with Gasteiger partial charge in [0, 0.05) is 32.7 Å². The number of hydrogen-bond acceptors (Lipinski definition) is 3. The van der Waals surface area contributed by atoms with E-state index in [0.29, 0.717) is 5.76 Å². The average molecular weight is 269 g/mol. The van der Waals surface area contributed by atoms with Crippen molar-refractivity contribution in [1.82, 2.24) is 9.80 Å². The van der Waals surface area contributed by atoms with Crippen molar-refractivity contribution >= 4 is 17.5 Å². The van der Waals surface area contributed by atoms with Crippen molar-refractivity contribution in [1.29, 1.82) is 0 Å². The summed E-state index contributed by atoms with van der Waals surface area (Å²) in [5.41, 5.74) is 0. The number of halogens is 1. The molecule has 98 valence electrons. The first-order chi connectivity index (χ1) is 8.72. The van der Waals surface area contributed by atoms with Gasteiger partial charge in [0.25, 0.3) is 5.91 Å². The van der Waals surface area contributed by atoms with E-state index in [-0.39, 0.29) is 11.1 Å². The van der Waals surface area contributed by atoms with E-state index in [4.69, 9.17) is 16.0 Å². The van der Waals surface area contributed by atoms with Crippen molar-refractivity contribution in [2.45, 2.75) is 12.8 Å². The molecule has 1 aliphatic heterocycles. The molecule has 1 aromatic heterocycles. The highest BCUT2D eigenvalue weighted by atomic mass is 35.5. The van der Waals surface area contributed by atoms with Crippen LogP contribution in [0, 0.1) is 5.92 Å². The second-order valence-corrected chi connectivity index (χ2v) is 5.51. The van der Waals surface area contributed by atoms with Crippen LogP contribution in [0.4, 0.5) is 0 Å². The van der Waals surface area contributed by atoms with Gasteiger partial charge in [0.15, 0.2) is 11.0 Å². The number of nitrogens with zero attached hydrogens (tertiary/aromatic N) is 2. The number of furan rings is 1. The Hall–Kier alpha value is -1.00. The van der Waals surface area contributed by atoms with E-state index in [1.165, 1.54) is 19.4 Å². The molecule has 0 spiro atoms. The van der Waals surface area contributed by atoms with Crippen LogP contribution in [0.5, 0.6) is 0 Å². The predicted molar refractivity (Wildman–Crippen MR) is 68.8 cm³/mol. The van der Waals surface area contributed by atoms with Crippen LogP contribution in [0.25, 0.3) is 0 Å². The molecule has 0 atom stereocenters. The minimum Gasteiger partial charge on any atom is -0.440 e. The van der Waals surface area contributed by atoms with Gasteiger partial charge in [-0.2, -0.15) is 0 Å². The van der Waals surface area contributed by atoms with Gasteiger partial charge in [-0.25, -0.2) is 0 Å². The molecule has 1 amide bonds. The summed E-state index contributed by atoms with van der Waals surface area (Å²) in [6.07, 6.45) is 2.76. The molecule has 1 saturated carbocycles. The summed E-state index contributed by atoms with van der Waals surface area (Å²) in [6, 6.07) is 3.25. The molecule has 5 heteroatoms. The number of carbonyl (C=O) groups is 1. The number of carbonyl (C=O) groups excluding carboxylic acids is 1. The average Bonchev–Trinajstić information content (AvgIpc) is 3.09. The molecular formula is C13H17ClN2O2. The van der Waals surface area contributed by atoms with Crippen molar-refractivity contribution in [3.63, 3.8) is 0 Å². The molecule has 18 heavy (non-hydrogen) atoms. The molecule has 0 radical (unpaired) electrons. The van der Waals surface area contributed by atoms with E-state index < -0.39 is 0 Å². The lowest BCUT2D eigenvalue weighted by Gasteiger charge is -2.34. The number of hydrogen-bond donors (Lipinski definition) is 0. The third kappa shape index (κ3) is 2.70. The van der Waals surface area contributed by atoms with Crippen molar-refractivity contribution in [2.24, 2.45) is 5.92 Å². The first kappa shape index (κ1) is 12.1. The maximum Gasteiger partial charge on any atom is 0.289 e. The van der Waals surface area contributed by atoms with E-state index in [1.54, 1.807) is 12.1 Å². The Morgan fingerprint density at radius 2 is 2.00 bits per heavy atom. The molecule has 0 N–H and O–H groups in total. The molecule has 1 aliphatic carbocycles. The molecule has 0 unspecified atom stereocenters. The van der Waals surface area contributed by atoms with Crippen molar-refractivity contribution in [3.8, 4) is 0 Å². The Morgan fingerprint density at radius 1 is 1.28 bits per heavy atom. The van der Waals surface area contributed by atoms with Crippen LogP contribution < -0.4 is 0 Å². The normalized spacial score (nSPS) is 21.3. The van der Waals surface area contributed by atoms with Crippen LogP contribution in [0.1, 0.15) is 23.4 Å². The van der Waals surface area contributed by atoms with Gasteiger partial charge < -0.3 is 9.32 Å². The first-order valence-electron chi connectivity index (χ1n) is 6.49. The third-order valence-corrected chi connectivity index (χ3v) is 3.86. The SMILES string of the molecule is O=C(c1ccc(Cl)o1)N1CCN(CC2CC2)CC1. The second kappa shape index (κ2) is 4.94. The zero-order chi connectivity index (χ0) is 12.5. The van der Waals surface area contributed by atoms with Gasteiger partial charge in [0.05, 0.1) is 0 Å². The molecule has 2 aliphatic rings. The highest BCUT2D eigenvalue weighted by molar-refractivity contribution is 6.29. The van der Waals surface area contributed by atoms with E-state index in [0.717, 1.165) is 32.1 Å². The molecule has 3 rings (SSSR count). The first-order valence-corrected chi connectivity index (χ1v) is 6.87. The van der Waals surface area contributed by atoms with Crippen LogP contribution in [-0.2, 0) is 0 Å². The van der Waals surface area contributed by atoms with E-state index in [2.05, 4.69) is 4.90 Å². The van der Waals surface area contributed by atoms with Gasteiger partial charge >= 0.3 is 0 Å². The van der Waals surface area contributed by atoms with E-state index in [9.17, 15) is 4.79 Å². The van der Waals surface area contributed by atoms with Crippen molar-refractivity contribution < 1.29 is 9.21 Å². The molecule has 1 aromatic rings. The lowest BCUT2D eigenvalue weighted by atomic mass is 10.2. The highest BCUT2D eigenvalue weighted by Crippen LogP contribution is 2.30. The molecular weight excluding hydrogens is 252 g/mol. The molecule has 0 aromatic carbocycles. The predicted octanol–water partition coefficient (Wildman–Crippen LogP) is 2.10. The summed E-state index contributed by atoms with van der Waals surface area (Å²) in [6.45, 7) is 4.70. The molecule has 2 heterocycles. The lowest BCUT2D eigenvalue weighted by molar-refractivity contribution is 0.0601. The van der Waals surface area contributed by atoms with Gasteiger partial charge in [0.1, 0.15) is 0 Å². The zero-order valence-electron chi connectivity index (χ0n) is 10.3. The van der Waals surface area contributed by atoms with Gasteiger partial charge in [-0.1, -0.05) is 0 Å². The van der Waals surface area contributed by atoms with Crippen molar-refractivity contribution in [3.05, 3.63) is 23.1 Å². The molecule has 2 fully saturated rings. The zero-order valence-corrected chi connectivity index (χ0v) is 11.0. The van der Waals surface area contributed by atoms with Crippen molar-refractivity contribution in [2.75, 3.05) is 32.7 Å². The summed E-state index contributed by atoms with van der Waals surface area (Å²) in [5.74, 6) is 1.21. The smallest absolute Gasteiger partial charge is 0.289 e. The van der Waals surface area contributed by atoms with Gasteiger partial charge in [-0.15, -0.1) is 0 Å². The van der Waals surface area contributed by atoms with E-state index in [1.807, 2.05) is 4.90 Å². The fraction of sp³-hybridized carbons (Fsp3) is 0.615. The number of piperazine rings is 1. The Labute approximate surface area is 111 Å². The minimum atomic E-state index is -0.0482. The lowest BCUT2D eigenvalue weighted by Crippen LogP contribution is -2.49. The monoisotopic (exact) mass is 268 g/mol. The third-order valence-electron chi connectivity index (χ3n) is 3.66. The van der Waals surface area contributed by atoms with Gasteiger partial charge in [-0.3, -0.25) is 9.69 Å². The second-order valence-electron chi connectivity index (χ2n) is 5.14. The molecule has 4 nitrogen and oxygen atoms in total. The summed E-state index contributed by atoms with van der Waals surface area (Å²) < 4.78 is 5.16. The van der Waals surface area contributed by atoms with Gasteiger partial charge in [0.2, 0.25) is 0 Å². The van der Waals surface area contributed by atoms with Crippen LogP contribution >= 0.6 is 11.6 Å². The van der Waals surface area contributed by atoms with Crippen LogP contribution in [0.3, 0.4) is 0 Å². The topological polar surface area (TPSA) is 36.7 Å². The summed E-state index contributed by atoms with van der Waals surface area (Å²) >= 11 is 5.69.